The molecule has 0 radical (unpaired) electrons. The van der Waals surface area contributed by atoms with Crippen molar-refractivity contribution in [2.75, 3.05) is 0 Å². The Morgan fingerprint density at radius 3 is 0.704 bits per heavy atom. The third kappa shape index (κ3) is 7.09. The Hall–Kier alpha value is -6.22. The molecule has 0 saturated carbocycles. The van der Waals surface area contributed by atoms with E-state index in [1.165, 1.54) is 43.1 Å². The summed E-state index contributed by atoms with van der Waals surface area (Å²) in [6.45, 7) is 0. The molecule has 0 N–H and O–H groups in total. The predicted molar refractivity (Wildman–Crippen MR) is 227 cm³/mol. The summed E-state index contributed by atoms with van der Waals surface area (Å²) in [5.74, 6) is 2.63. The molecule has 8 heteroatoms. The van der Waals surface area contributed by atoms with Crippen molar-refractivity contribution >= 4 is 74.9 Å². The normalized spacial score (nSPS) is 11.1. The van der Waals surface area contributed by atoms with Crippen LogP contribution in [0.1, 0.15) is 0 Å². The molecule has 8 aromatic carbocycles. The molecule has 2 aromatic heterocycles. The van der Waals surface area contributed by atoms with E-state index < -0.39 is 0 Å². The van der Waals surface area contributed by atoms with E-state index in [0.29, 0.717) is 32.8 Å². The Morgan fingerprint density at radius 1 is 0.241 bits per heavy atom. The Morgan fingerprint density at radius 2 is 0.463 bits per heavy atom. The van der Waals surface area contributed by atoms with Crippen molar-refractivity contribution in [3.63, 3.8) is 0 Å². The summed E-state index contributed by atoms with van der Waals surface area (Å²) in [4.78, 5) is 27.4. The molecule has 0 aliphatic rings. The van der Waals surface area contributed by atoms with Gasteiger partial charge in [-0.25, -0.2) is 29.9 Å². The van der Waals surface area contributed by atoms with Crippen LogP contribution in [0.4, 0.5) is 0 Å². The molecule has 0 atom stereocenters. The minimum Gasteiger partial charge on any atom is -0.208 e. The third-order valence-electron chi connectivity index (χ3n) is 9.25. The number of nitrogens with zero attached hydrogens (tertiary/aromatic N) is 6. The van der Waals surface area contributed by atoms with Gasteiger partial charge in [0.25, 0.3) is 0 Å². The zero-order chi connectivity index (χ0) is 36.4. The molecule has 2 heterocycles. The lowest BCUT2D eigenvalue weighted by molar-refractivity contribution is 1.03. The molecule has 0 aliphatic heterocycles. The second kappa shape index (κ2) is 14.7. The molecule has 0 unspecified atom stereocenters. The largest absolute Gasteiger partial charge is 0.208 e. The number of halogens is 2. The lowest BCUT2D eigenvalue weighted by Crippen LogP contribution is -1.97. The highest BCUT2D eigenvalue weighted by Gasteiger charge is 2.12. The van der Waals surface area contributed by atoms with Crippen LogP contribution in [-0.4, -0.2) is 29.9 Å². The number of benzene rings is 8. The second-order valence-electron chi connectivity index (χ2n) is 12.8. The van der Waals surface area contributed by atoms with Gasteiger partial charge in [0, 0.05) is 22.3 Å². The molecule has 256 valence electrons. The number of fused-ring (bicyclic) bond motifs is 4. The predicted octanol–water partition coefficient (Wildman–Crippen LogP) is 12.5. The van der Waals surface area contributed by atoms with Crippen LogP contribution in [0.25, 0.3) is 88.6 Å². The molecule has 0 spiro atoms. The van der Waals surface area contributed by atoms with E-state index >= 15 is 0 Å². The first kappa shape index (κ1) is 33.6. The molecule has 54 heavy (non-hydrogen) atoms. The average Bonchev–Trinajstić information content (AvgIpc) is 3.22. The van der Waals surface area contributed by atoms with Gasteiger partial charge in [-0.1, -0.05) is 146 Å². The van der Waals surface area contributed by atoms with E-state index in [0.717, 1.165) is 22.3 Å². The highest BCUT2D eigenvalue weighted by molar-refractivity contribution is 9.10. The van der Waals surface area contributed by atoms with Gasteiger partial charge >= 0.3 is 0 Å². The fraction of sp³-hybridized carbons (Fsp3) is 0. The topological polar surface area (TPSA) is 77.3 Å². The highest BCUT2D eigenvalue weighted by Crippen LogP contribution is 2.29. The number of hydrogen-bond donors (Lipinski definition) is 0. The van der Waals surface area contributed by atoms with Crippen molar-refractivity contribution in [2.24, 2.45) is 0 Å². The first-order chi connectivity index (χ1) is 26.5. The maximum Gasteiger partial charge on any atom is 0.200 e. The zero-order valence-electron chi connectivity index (χ0n) is 28.6. The van der Waals surface area contributed by atoms with Gasteiger partial charge in [0.1, 0.15) is 0 Å². The fourth-order valence-corrected chi connectivity index (χ4v) is 7.20. The van der Waals surface area contributed by atoms with Crippen LogP contribution < -0.4 is 0 Å². The minimum absolute atomic E-state index is 0.531. The summed E-state index contributed by atoms with van der Waals surface area (Å²) in [5.41, 5.74) is 3.88. The summed E-state index contributed by atoms with van der Waals surface area (Å²) in [6.07, 6.45) is 0. The summed E-state index contributed by atoms with van der Waals surface area (Å²) in [7, 11) is 0. The SMILES string of the molecule is Brc1nc(-c2ccc3ccccc3c2)nc(-c2ccc3ccccc3c2)n1.Brc1nc(-c2ccc3ccccc3c2)nc(-c2ccc3ccccc3c2)n1. The van der Waals surface area contributed by atoms with Gasteiger partial charge in [-0.15, -0.1) is 0 Å². The standard InChI is InChI=1S/2C23H14BrN3/c2*24-23-26-21(19-11-9-15-5-1-3-7-17(15)13-19)25-22(27-23)20-12-10-16-6-2-4-8-18(16)14-20/h2*1-14H. The van der Waals surface area contributed by atoms with Crippen molar-refractivity contribution in [3.8, 4) is 45.6 Å². The van der Waals surface area contributed by atoms with Crippen molar-refractivity contribution < 1.29 is 0 Å². The van der Waals surface area contributed by atoms with Gasteiger partial charge in [0.15, 0.2) is 23.3 Å². The van der Waals surface area contributed by atoms with Gasteiger partial charge < -0.3 is 0 Å². The van der Waals surface area contributed by atoms with Crippen LogP contribution in [0.5, 0.6) is 0 Å². The second-order valence-corrected chi connectivity index (χ2v) is 14.2. The first-order valence-electron chi connectivity index (χ1n) is 17.3. The monoisotopic (exact) mass is 822 g/mol. The minimum atomic E-state index is 0.531. The molecule has 0 aliphatic carbocycles. The number of aromatic nitrogens is 6. The van der Waals surface area contributed by atoms with Crippen molar-refractivity contribution in [1.29, 1.82) is 0 Å². The van der Waals surface area contributed by atoms with E-state index in [4.69, 9.17) is 9.97 Å². The van der Waals surface area contributed by atoms with Crippen molar-refractivity contribution in [3.05, 3.63) is 179 Å². The molecule has 10 aromatic rings. The molecule has 0 amide bonds. The lowest BCUT2D eigenvalue weighted by Gasteiger charge is -2.07. The van der Waals surface area contributed by atoms with E-state index in [9.17, 15) is 0 Å². The van der Waals surface area contributed by atoms with Crippen molar-refractivity contribution in [1.82, 2.24) is 29.9 Å². The summed E-state index contributed by atoms with van der Waals surface area (Å²) >= 11 is 6.89. The van der Waals surface area contributed by atoms with Gasteiger partial charge in [-0.3, -0.25) is 0 Å². The molecule has 0 bridgehead atoms. The molecule has 10 rings (SSSR count). The van der Waals surface area contributed by atoms with Gasteiger partial charge in [-0.05, 0) is 99.2 Å². The Kier molecular flexibility index (Phi) is 9.12. The van der Waals surface area contributed by atoms with Crippen LogP contribution in [-0.2, 0) is 0 Å². The van der Waals surface area contributed by atoms with E-state index in [1.807, 2.05) is 72.8 Å². The third-order valence-corrected chi connectivity index (χ3v) is 9.96. The molecule has 0 fully saturated rings. The van der Waals surface area contributed by atoms with E-state index in [1.54, 1.807) is 0 Å². The summed E-state index contributed by atoms with van der Waals surface area (Å²) < 4.78 is 1.06. The smallest absolute Gasteiger partial charge is 0.200 e. The lowest BCUT2D eigenvalue weighted by atomic mass is 10.1. The average molecular weight is 825 g/mol. The zero-order valence-corrected chi connectivity index (χ0v) is 31.8. The fourth-order valence-electron chi connectivity index (χ4n) is 6.53. The quantitative estimate of drug-likeness (QED) is 0.176. The van der Waals surface area contributed by atoms with Crippen LogP contribution in [0.2, 0.25) is 0 Å². The maximum absolute atomic E-state index is 4.74. The Balaban J connectivity index is 0.000000142. The summed E-state index contributed by atoms with van der Waals surface area (Å²) in [6, 6.07) is 58.1. The molecular formula is C46H28Br2N6. The highest BCUT2D eigenvalue weighted by atomic mass is 79.9. The maximum atomic E-state index is 4.74. The van der Waals surface area contributed by atoms with Crippen LogP contribution in [0.3, 0.4) is 0 Å². The molecule has 6 nitrogen and oxygen atoms in total. The Bertz CT molecular complexity index is 2600. The summed E-state index contributed by atoms with van der Waals surface area (Å²) in [5, 5.41) is 9.46. The Labute approximate surface area is 328 Å². The number of rotatable bonds is 4. The first-order valence-corrected chi connectivity index (χ1v) is 18.9. The van der Waals surface area contributed by atoms with Gasteiger partial charge in [0.2, 0.25) is 9.47 Å². The van der Waals surface area contributed by atoms with Crippen LogP contribution >= 0.6 is 31.9 Å². The van der Waals surface area contributed by atoms with E-state index in [2.05, 4.69) is 149 Å². The van der Waals surface area contributed by atoms with Crippen LogP contribution in [0.15, 0.2) is 179 Å². The van der Waals surface area contributed by atoms with Crippen molar-refractivity contribution in [2.45, 2.75) is 0 Å². The number of hydrogen-bond acceptors (Lipinski definition) is 6. The van der Waals surface area contributed by atoms with Gasteiger partial charge in [-0.2, -0.15) is 0 Å². The van der Waals surface area contributed by atoms with Crippen LogP contribution in [0, 0.1) is 0 Å². The molecular weight excluding hydrogens is 796 g/mol. The van der Waals surface area contributed by atoms with E-state index in [-0.39, 0.29) is 0 Å². The van der Waals surface area contributed by atoms with Gasteiger partial charge in [0.05, 0.1) is 0 Å². The molecule has 0 saturated heterocycles.